The Morgan fingerprint density at radius 2 is 0.415 bits per heavy atom. The van der Waals surface area contributed by atoms with Crippen LogP contribution in [0.4, 0.5) is 0 Å². The van der Waals surface area contributed by atoms with Gasteiger partial charge < -0.3 is 152 Å². The van der Waals surface area contributed by atoms with E-state index in [0.29, 0.717) is 0 Å². The number of hydrogen-bond acceptors (Lipinski definition) is 30. The molecule has 0 bridgehead atoms. The van der Waals surface area contributed by atoms with Crippen molar-refractivity contribution in [1.82, 2.24) is 0 Å². The van der Waals surface area contributed by atoms with Crippen LogP contribution >= 0.6 is 0 Å². The molecule has 384 valence electrons. The third-order valence-electron chi connectivity index (χ3n) is 7.26. The van der Waals surface area contributed by atoms with Gasteiger partial charge in [-0.25, -0.2) is 24.0 Å². The van der Waals surface area contributed by atoms with Gasteiger partial charge in [-0.1, -0.05) is 0 Å². The number of rotatable bonds is 25. The van der Waals surface area contributed by atoms with Crippen LogP contribution in [0, 0.1) is 0 Å². The molecule has 0 aliphatic rings. The minimum atomic E-state index is -2.36. The Bertz CT molecular complexity index is 1320. The first kappa shape index (κ1) is 69.5. The molecule has 0 saturated carbocycles. The third kappa shape index (κ3) is 26.9. The predicted molar refractivity (Wildman–Crippen MR) is 191 cm³/mol. The second kappa shape index (κ2) is 35.7. The van der Waals surface area contributed by atoms with Crippen molar-refractivity contribution in [2.75, 3.05) is 13.2 Å². The van der Waals surface area contributed by atoms with Crippen molar-refractivity contribution in [2.45, 2.75) is 122 Å². The van der Waals surface area contributed by atoms with Crippen LogP contribution in [0.25, 0.3) is 0 Å². The maximum atomic E-state index is 10.1. The molecular weight excluding hydrogens is 920 g/mol. The van der Waals surface area contributed by atoms with Crippen LogP contribution in [0.3, 0.4) is 0 Å². The van der Waals surface area contributed by atoms with Crippen molar-refractivity contribution < 1.29 is 176 Å². The van der Waals surface area contributed by atoms with Gasteiger partial charge in [0.2, 0.25) is 0 Å². The molecule has 0 saturated heterocycles. The molecule has 0 unspecified atom stereocenters. The van der Waals surface area contributed by atoms with Crippen LogP contribution in [0.15, 0.2) is 0 Å². The predicted octanol–water partition coefficient (Wildman–Crippen LogP) is -16.8. The molecule has 27 N–H and O–H groups in total. The highest BCUT2D eigenvalue weighted by Gasteiger charge is 2.38. The summed E-state index contributed by atoms with van der Waals surface area (Å²) in [4.78, 5) is 80.1. The normalized spacial score (nSPS) is 20.2. The molecule has 35 heteroatoms. The van der Waals surface area contributed by atoms with E-state index in [-0.39, 0.29) is 18.9 Å². The van der Waals surface area contributed by atoms with Gasteiger partial charge in [0, 0.05) is 0 Å². The van der Waals surface area contributed by atoms with Gasteiger partial charge in [-0.3, -0.25) is 0 Å². The summed E-state index contributed by atoms with van der Waals surface area (Å²) < 4.78 is 0. The van der Waals surface area contributed by atoms with Crippen molar-refractivity contribution in [3.63, 3.8) is 0 Å². The summed E-state index contributed by atoms with van der Waals surface area (Å²) in [7, 11) is 0. The van der Waals surface area contributed by atoms with Crippen molar-refractivity contribution in [3.05, 3.63) is 0 Å². The fraction of sp³-hybridized carbons (Fsp3) is 0.733. The zero-order valence-corrected chi connectivity index (χ0v) is 32.5. The maximum Gasteiger partial charge on any atom is 0.335 e. The zero-order chi connectivity index (χ0) is 53.0. The number of aliphatic hydroxyl groups excluding tert-OH is 22. The lowest BCUT2D eigenvalue weighted by molar-refractivity contribution is -0.172. The minimum absolute atomic E-state index is 0.0258. The van der Waals surface area contributed by atoms with Crippen LogP contribution in [0.1, 0.15) is 0 Å². The SMILES string of the molecule is O=C(O)[C@@H](O)[C@@H](O)[C@H](O)[C@@H](O)C(=O)O.O=C(O)[C@H](O)[C@@H](O)[C@H](O)[C@H](O)CO.O=C[C@@H](O)[C@@H](O)[C@H](O)[C@@H](O)C(=O)O.O=C[C@H](O)[C@@H](O)[C@H](O)[C@H](O)C(=O)O.O=C[C@H](O)[C@@H](O)[C@H](O)[C@H](O)CO. The highest BCUT2D eigenvalue weighted by atomic mass is 16.5. The monoisotopic (exact) mass is 974 g/mol. The molecule has 0 heterocycles. The summed E-state index contributed by atoms with van der Waals surface area (Å²) in [6, 6.07) is 0. The van der Waals surface area contributed by atoms with Gasteiger partial charge in [0.25, 0.3) is 0 Å². The fourth-order valence-corrected chi connectivity index (χ4v) is 3.18. The van der Waals surface area contributed by atoms with E-state index in [1.54, 1.807) is 0 Å². The number of aldehydes is 3. The lowest BCUT2D eigenvalue weighted by atomic mass is 10.0. The number of carboxylic acids is 5. The van der Waals surface area contributed by atoms with Crippen molar-refractivity contribution >= 4 is 48.7 Å². The zero-order valence-electron chi connectivity index (χ0n) is 32.5. The number of carbonyl (C=O) groups excluding carboxylic acids is 3. The highest BCUT2D eigenvalue weighted by Crippen LogP contribution is 2.08. The summed E-state index contributed by atoms with van der Waals surface area (Å²) >= 11 is 0. The van der Waals surface area contributed by atoms with E-state index in [9.17, 15) is 38.4 Å². The van der Waals surface area contributed by atoms with Gasteiger partial charge in [0.1, 0.15) is 91.6 Å². The van der Waals surface area contributed by atoms with E-state index in [1.165, 1.54) is 0 Å². The first-order valence-corrected chi connectivity index (χ1v) is 16.9. The second-order valence-electron chi connectivity index (χ2n) is 12.2. The average Bonchev–Trinajstić information content (AvgIpc) is 3.28. The summed E-state index contributed by atoms with van der Waals surface area (Å²) in [6.45, 7) is -1.60. The molecule has 0 aromatic heterocycles. The standard InChI is InChI=1S/C6H10O8.C6H12O7.2C6H10O7.C6H12O6/c7-1(3(9)5(11)12)2(8)4(10)6(13)14;3*7-1-2(8)3(9)4(10)5(11)6(12)13;7-1-3(9)5(11)6(12)4(10)2-8/h1-4,7-10H,(H,11,12)(H,13,14);2-5,7-11H,1H2,(H,12,13);2*1-5,8-11H,(H,12,13);1,3-6,8-12H,2H2/t1-,2-,3-,4+;2-,3-,4+,5-;2-,3+,4-,5-;2-,3-,4+,5-;3-,4+,5+,6+/m01010/s1. The molecule has 0 spiro atoms. The fourth-order valence-electron chi connectivity index (χ4n) is 3.18. The Kier molecular flexibility index (Phi) is 38.2. The minimum Gasteiger partial charge on any atom is -0.479 e. The summed E-state index contributed by atoms with van der Waals surface area (Å²) in [5.41, 5.74) is 0. The topological polar surface area (TPSA) is 683 Å². The molecule has 0 aliphatic heterocycles. The summed E-state index contributed by atoms with van der Waals surface area (Å²) in [5.74, 6) is -8.92. The smallest absolute Gasteiger partial charge is 0.335 e. The Morgan fingerprint density at radius 3 is 0.569 bits per heavy atom. The van der Waals surface area contributed by atoms with E-state index < -0.39 is 165 Å². The lowest BCUT2D eigenvalue weighted by Gasteiger charge is -2.23. The van der Waals surface area contributed by atoms with E-state index in [4.69, 9.17) is 138 Å². The van der Waals surface area contributed by atoms with Gasteiger partial charge in [0.05, 0.1) is 13.2 Å². The van der Waals surface area contributed by atoms with Crippen LogP contribution < -0.4 is 0 Å². The molecule has 35 nitrogen and oxygen atoms in total. The van der Waals surface area contributed by atoms with Gasteiger partial charge in [0.15, 0.2) is 49.4 Å². The second-order valence-corrected chi connectivity index (χ2v) is 12.2. The molecule has 0 aromatic carbocycles. The van der Waals surface area contributed by atoms with Gasteiger partial charge in [-0.2, -0.15) is 0 Å². The number of carboxylic acid groups (broad SMARTS) is 5. The molecule has 0 aromatic rings. The van der Waals surface area contributed by atoms with E-state index >= 15 is 0 Å². The Morgan fingerprint density at radius 1 is 0.277 bits per heavy atom. The van der Waals surface area contributed by atoms with E-state index in [2.05, 4.69) is 0 Å². The summed E-state index contributed by atoms with van der Waals surface area (Å²) in [6.07, 6.45) is -40.7. The Labute approximate surface area is 360 Å². The molecular formula is C30H54O35. The number of aliphatic carboxylic acids is 5. The lowest BCUT2D eigenvalue weighted by Crippen LogP contribution is -2.49. The molecule has 0 rings (SSSR count). The molecule has 0 radical (unpaired) electrons. The molecule has 0 fully saturated rings. The number of hydrogen-bond donors (Lipinski definition) is 27. The molecule has 0 amide bonds. The third-order valence-corrected chi connectivity index (χ3v) is 7.26. The quantitative estimate of drug-likeness (QED) is 0.0378. The number of aliphatic hydroxyl groups is 22. The average molecular weight is 975 g/mol. The van der Waals surface area contributed by atoms with Gasteiger partial charge >= 0.3 is 29.8 Å². The van der Waals surface area contributed by atoms with Gasteiger partial charge in [-0.05, 0) is 0 Å². The Balaban J connectivity index is -0.000000231. The first-order valence-electron chi connectivity index (χ1n) is 16.9. The molecule has 20 atom stereocenters. The van der Waals surface area contributed by atoms with Gasteiger partial charge in [-0.15, -0.1) is 0 Å². The molecule has 0 aliphatic carbocycles. The van der Waals surface area contributed by atoms with Crippen molar-refractivity contribution in [2.24, 2.45) is 0 Å². The van der Waals surface area contributed by atoms with E-state index in [0.717, 1.165) is 0 Å². The van der Waals surface area contributed by atoms with Crippen LogP contribution in [-0.4, -0.2) is 322 Å². The number of carbonyl (C=O) groups is 8. The Hall–Kier alpha value is -4.52. The summed E-state index contributed by atoms with van der Waals surface area (Å²) in [5, 5.41) is 233. The molecule has 65 heavy (non-hydrogen) atoms. The van der Waals surface area contributed by atoms with Crippen LogP contribution in [-0.2, 0) is 38.4 Å². The maximum absolute atomic E-state index is 10.1. The van der Waals surface area contributed by atoms with Crippen LogP contribution in [0.5, 0.6) is 0 Å². The highest BCUT2D eigenvalue weighted by molar-refractivity contribution is 5.75. The van der Waals surface area contributed by atoms with E-state index in [1.807, 2.05) is 0 Å². The van der Waals surface area contributed by atoms with Crippen molar-refractivity contribution in [1.29, 1.82) is 0 Å². The van der Waals surface area contributed by atoms with Crippen molar-refractivity contribution in [3.8, 4) is 0 Å². The first-order chi connectivity index (χ1) is 29.6. The van der Waals surface area contributed by atoms with Crippen LogP contribution in [0.2, 0.25) is 0 Å². The largest absolute Gasteiger partial charge is 0.479 e.